The minimum absolute atomic E-state index is 0.0884. The standard InChI is InChI=1S/C33H40BrN3O4S/c1-23-13-17-31(18-14-23)42(40,41)37(30-16-15-24(2)25(3)19-30)22-32(38)36(21-27-9-8-10-28(34)20-27)26(4)33(39)35-29-11-6-5-7-12-29/h8-10,13-20,26,29H,5-7,11-12,21-22H2,1-4H3,(H,35,39)/t26-/m1/s1. The number of aryl methyl sites for hydroxylation is 3. The first kappa shape index (κ1) is 31.8. The van der Waals surface area contributed by atoms with Gasteiger partial charge in [0.2, 0.25) is 11.8 Å². The molecule has 0 spiro atoms. The highest BCUT2D eigenvalue weighted by molar-refractivity contribution is 9.10. The van der Waals surface area contributed by atoms with Gasteiger partial charge in [0.25, 0.3) is 10.0 Å². The molecular formula is C33H40BrN3O4S. The zero-order valence-corrected chi connectivity index (χ0v) is 27.2. The van der Waals surface area contributed by atoms with E-state index in [0.29, 0.717) is 5.69 Å². The first-order valence-corrected chi connectivity index (χ1v) is 16.7. The van der Waals surface area contributed by atoms with Gasteiger partial charge in [-0.25, -0.2) is 8.42 Å². The van der Waals surface area contributed by atoms with Crippen molar-refractivity contribution in [2.45, 2.75) is 83.3 Å². The molecule has 3 aromatic rings. The summed E-state index contributed by atoms with van der Waals surface area (Å²) in [6.07, 6.45) is 5.16. The molecule has 1 saturated carbocycles. The lowest BCUT2D eigenvalue weighted by molar-refractivity contribution is -0.139. The summed E-state index contributed by atoms with van der Waals surface area (Å²) in [6.45, 7) is 7.17. The molecule has 4 rings (SSSR count). The smallest absolute Gasteiger partial charge is 0.264 e. The van der Waals surface area contributed by atoms with Crippen molar-refractivity contribution in [3.63, 3.8) is 0 Å². The van der Waals surface area contributed by atoms with E-state index in [9.17, 15) is 18.0 Å². The van der Waals surface area contributed by atoms with Gasteiger partial charge in [0.05, 0.1) is 10.6 Å². The topological polar surface area (TPSA) is 86.8 Å². The second-order valence-electron chi connectivity index (χ2n) is 11.3. The Hall–Kier alpha value is -3.17. The molecule has 2 amide bonds. The number of hydrogen-bond acceptors (Lipinski definition) is 4. The molecule has 224 valence electrons. The fraction of sp³-hybridized carbons (Fsp3) is 0.394. The highest BCUT2D eigenvalue weighted by Crippen LogP contribution is 2.27. The summed E-state index contributed by atoms with van der Waals surface area (Å²) in [6, 6.07) is 18.8. The molecular weight excluding hydrogens is 614 g/mol. The summed E-state index contributed by atoms with van der Waals surface area (Å²) in [7, 11) is -4.10. The molecule has 1 N–H and O–H groups in total. The predicted octanol–water partition coefficient (Wildman–Crippen LogP) is 6.44. The number of nitrogens with zero attached hydrogens (tertiary/aromatic N) is 2. The van der Waals surface area contributed by atoms with Gasteiger partial charge in [-0.2, -0.15) is 0 Å². The van der Waals surface area contributed by atoms with Crippen LogP contribution in [0.2, 0.25) is 0 Å². The second-order valence-corrected chi connectivity index (χ2v) is 14.0. The highest BCUT2D eigenvalue weighted by atomic mass is 79.9. The van der Waals surface area contributed by atoms with Crippen LogP contribution in [0.4, 0.5) is 5.69 Å². The second kappa shape index (κ2) is 13.9. The highest BCUT2D eigenvalue weighted by Gasteiger charge is 2.33. The fourth-order valence-corrected chi connectivity index (χ4v) is 7.08. The van der Waals surface area contributed by atoms with Crippen molar-refractivity contribution in [2.24, 2.45) is 0 Å². The van der Waals surface area contributed by atoms with E-state index in [4.69, 9.17) is 0 Å². The normalized spacial score (nSPS) is 14.7. The van der Waals surface area contributed by atoms with Gasteiger partial charge < -0.3 is 10.2 Å². The number of rotatable bonds is 10. The van der Waals surface area contributed by atoms with Crippen LogP contribution < -0.4 is 9.62 Å². The molecule has 1 fully saturated rings. The Bertz CT molecular complexity index is 1520. The summed E-state index contributed by atoms with van der Waals surface area (Å²) in [5.41, 5.74) is 4.08. The summed E-state index contributed by atoms with van der Waals surface area (Å²) in [5.74, 6) is -0.695. The average Bonchev–Trinajstić information content (AvgIpc) is 2.96. The van der Waals surface area contributed by atoms with Crippen LogP contribution in [0.5, 0.6) is 0 Å². The van der Waals surface area contributed by atoms with Crippen LogP contribution in [0.15, 0.2) is 76.1 Å². The molecule has 3 aromatic carbocycles. The molecule has 1 aliphatic rings. The number of halogens is 1. The van der Waals surface area contributed by atoms with Gasteiger partial charge in [-0.15, -0.1) is 0 Å². The van der Waals surface area contributed by atoms with Crippen LogP contribution in [0.3, 0.4) is 0 Å². The molecule has 0 unspecified atom stereocenters. The average molecular weight is 655 g/mol. The molecule has 0 radical (unpaired) electrons. The van der Waals surface area contributed by atoms with Gasteiger partial charge in [-0.1, -0.05) is 71.1 Å². The number of sulfonamides is 1. The predicted molar refractivity (Wildman–Crippen MR) is 171 cm³/mol. The molecule has 42 heavy (non-hydrogen) atoms. The molecule has 0 aromatic heterocycles. The number of carbonyl (C=O) groups excluding carboxylic acids is 2. The van der Waals surface area contributed by atoms with Crippen molar-refractivity contribution in [3.8, 4) is 0 Å². The Morgan fingerprint density at radius 2 is 1.62 bits per heavy atom. The van der Waals surface area contributed by atoms with E-state index in [0.717, 1.165) is 56.7 Å². The molecule has 9 heteroatoms. The van der Waals surface area contributed by atoms with Crippen molar-refractivity contribution < 1.29 is 18.0 Å². The largest absolute Gasteiger partial charge is 0.352 e. The van der Waals surface area contributed by atoms with Crippen LogP contribution in [0.25, 0.3) is 0 Å². The van der Waals surface area contributed by atoms with Crippen LogP contribution in [0, 0.1) is 20.8 Å². The lowest BCUT2D eigenvalue weighted by Gasteiger charge is -2.33. The third-order valence-corrected chi connectivity index (χ3v) is 10.3. The minimum atomic E-state index is -4.10. The number of carbonyl (C=O) groups is 2. The summed E-state index contributed by atoms with van der Waals surface area (Å²) in [5, 5.41) is 3.14. The Kier molecular flexibility index (Phi) is 10.5. The third kappa shape index (κ3) is 7.81. The quantitative estimate of drug-likeness (QED) is 0.273. The first-order chi connectivity index (χ1) is 20.0. The van der Waals surface area contributed by atoms with Crippen LogP contribution in [-0.4, -0.2) is 43.8 Å². The SMILES string of the molecule is Cc1ccc(S(=O)(=O)N(CC(=O)N(Cc2cccc(Br)c2)[C@H](C)C(=O)NC2CCCCC2)c2ccc(C)c(C)c2)cc1. The molecule has 0 saturated heterocycles. The number of hydrogen-bond donors (Lipinski definition) is 1. The molecule has 0 bridgehead atoms. The first-order valence-electron chi connectivity index (χ1n) is 14.5. The maximum Gasteiger partial charge on any atom is 0.264 e. The lowest BCUT2D eigenvalue weighted by atomic mass is 9.95. The van der Waals surface area contributed by atoms with E-state index in [2.05, 4.69) is 21.2 Å². The molecule has 1 aliphatic carbocycles. The molecule has 7 nitrogen and oxygen atoms in total. The van der Waals surface area contributed by atoms with E-state index in [-0.39, 0.29) is 23.4 Å². The van der Waals surface area contributed by atoms with Crippen LogP contribution in [0.1, 0.15) is 61.3 Å². The van der Waals surface area contributed by atoms with E-state index in [1.54, 1.807) is 43.3 Å². The van der Waals surface area contributed by atoms with E-state index in [1.165, 1.54) is 11.3 Å². The fourth-order valence-electron chi connectivity index (χ4n) is 5.23. The third-order valence-electron chi connectivity index (χ3n) is 8.03. The number of anilines is 1. The van der Waals surface area contributed by atoms with Crippen molar-refractivity contribution in [2.75, 3.05) is 10.8 Å². The monoisotopic (exact) mass is 653 g/mol. The van der Waals surface area contributed by atoms with Crippen molar-refractivity contribution in [1.82, 2.24) is 10.2 Å². The van der Waals surface area contributed by atoms with Gasteiger partial charge in [0.1, 0.15) is 12.6 Å². The zero-order chi connectivity index (χ0) is 30.4. The summed E-state index contributed by atoms with van der Waals surface area (Å²) in [4.78, 5) is 29.2. The van der Waals surface area contributed by atoms with E-state index >= 15 is 0 Å². The van der Waals surface area contributed by atoms with Gasteiger partial charge in [-0.05, 0) is 93.6 Å². The van der Waals surface area contributed by atoms with Crippen LogP contribution in [-0.2, 0) is 26.2 Å². The van der Waals surface area contributed by atoms with Gasteiger partial charge >= 0.3 is 0 Å². The maximum absolute atomic E-state index is 14.2. The van der Waals surface area contributed by atoms with Crippen LogP contribution >= 0.6 is 15.9 Å². The van der Waals surface area contributed by atoms with Crippen molar-refractivity contribution in [1.29, 1.82) is 0 Å². The Morgan fingerprint density at radius 3 is 2.26 bits per heavy atom. The van der Waals surface area contributed by atoms with E-state index < -0.39 is 28.5 Å². The minimum Gasteiger partial charge on any atom is -0.352 e. The summed E-state index contributed by atoms with van der Waals surface area (Å²) >= 11 is 3.49. The number of benzene rings is 3. The Balaban J connectivity index is 1.69. The van der Waals surface area contributed by atoms with Crippen molar-refractivity contribution in [3.05, 3.63) is 93.5 Å². The molecule has 0 aliphatic heterocycles. The lowest BCUT2D eigenvalue weighted by Crippen LogP contribution is -2.53. The zero-order valence-electron chi connectivity index (χ0n) is 24.8. The Morgan fingerprint density at radius 1 is 0.929 bits per heavy atom. The maximum atomic E-state index is 14.2. The number of amides is 2. The van der Waals surface area contributed by atoms with Gasteiger partial charge in [0, 0.05) is 17.1 Å². The summed E-state index contributed by atoms with van der Waals surface area (Å²) < 4.78 is 30.1. The molecule has 1 atom stereocenters. The Labute approximate surface area is 258 Å². The van der Waals surface area contributed by atoms with E-state index in [1.807, 2.05) is 51.1 Å². The van der Waals surface area contributed by atoms with Crippen molar-refractivity contribution >= 4 is 43.5 Å². The number of nitrogens with one attached hydrogen (secondary N) is 1. The molecule has 0 heterocycles. The van der Waals surface area contributed by atoms with Gasteiger partial charge in [0.15, 0.2) is 0 Å². The van der Waals surface area contributed by atoms with Gasteiger partial charge in [-0.3, -0.25) is 13.9 Å².